The highest BCUT2D eigenvalue weighted by atomic mass is 16.5. The number of ether oxygens (including phenoxy) is 1. The number of aromatic nitrogens is 1. The fraction of sp³-hybridized carbons (Fsp3) is 0.379. The number of pyridine rings is 1. The predicted molar refractivity (Wildman–Crippen MR) is 145 cm³/mol. The minimum Gasteiger partial charge on any atom is -0.495 e. The van der Waals surface area contributed by atoms with Crippen molar-refractivity contribution >= 4 is 17.4 Å². The molecule has 6 nitrogen and oxygen atoms in total. The zero-order chi connectivity index (χ0) is 25.4. The van der Waals surface area contributed by atoms with Gasteiger partial charge < -0.3 is 20.7 Å². The highest BCUT2D eigenvalue weighted by molar-refractivity contribution is 5.99. The van der Waals surface area contributed by atoms with E-state index in [4.69, 9.17) is 4.74 Å². The highest BCUT2D eigenvalue weighted by Crippen LogP contribution is 2.47. The smallest absolute Gasteiger partial charge is 0.252 e. The van der Waals surface area contributed by atoms with Crippen LogP contribution in [0.1, 0.15) is 63.5 Å². The summed E-state index contributed by atoms with van der Waals surface area (Å²) in [6.45, 7) is 8.08. The Labute approximate surface area is 209 Å². The minimum atomic E-state index is -0.152. The van der Waals surface area contributed by atoms with Crippen LogP contribution >= 0.6 is 0 Å². The summed E-state index contributed by atoms with van der Waals surface area (Å²) in [5, 5.41) is 9.90. The maximum atomic E-state index is 13.0. The summed E-state index contributed by atoms with van der Waals surface area (Å²) in [7, 11) is 3.33. The number of hydrogen-bond acceptors (Lipinski definition) is 5. The topological polar surface area (TPSA) is 75.3 Å². The summed E-state index contributed by atoms with van der Waals surface area (Å²) in [6, 6.07) is 10.1. The summed E-state index contributed by atoms with van der Waals surface area (Å²) in [5.41, 5.74) is 6.37. The zero-order valence-electron chi connectivity index (χ0n) is 21.8. The first-order valence-corrected chi connectivity index (χ1v) is 12.4. The second-order valence-corrected chi connectivity index (χ2v) is 8.86. The van der Waals surface area contributed by atoms with Crippen molar-refractivity contribution in [3.05, 3.63) is 82.3 Å². The molecule has 35 heavy (non-hydrogen) atoms. The number of likely N-dealkylation sites (N-methyl/N-ethyl adjacent to an activating group) is 1. The Morgan fingerprint density at radius 1 is 1.20 bits per heavy atom. The van der Waals surface area contributed by atoms with Crippen LogP contribution in [0.3, 0.4) is 0 Å². The van der Waals surface area contributed by atoms with E-state index < -0.39 is 0 Å². The number of rotatable bonds is 11. The molecular weight excluding hydrogens is 436 g/mol. The normalized spacial score (nSPS) is 14.8. The minimum absolute atomic E-state index is 0.152. The third kappa shape index (κ3) is 6.53. The number of benzene rings is 1. The Bertz CT molecular complexity index is 1130. The van der Waals surface area contributed by atoms with Crippen molar-refractivity contribution in [3.63, 3.8) is 0 Å². The van der Waals surface area contributed by atoms with E-state index >= 15 is 0 Å². The zero-order valence-corrected chi connectivity index (χ0v) is 21.8. The van der Waals surface area contributed by atoms with Gasteiger partial charge in [-0.25, -0.2) is 4.98 Å². The Morgan fingerprint density at radius 2 is 1.97 bits per heavy atom. The molecule has 0 spiro atoms. The predicted octanol–water partition coefficient (Wildman–Crippen LogP) is 6.45. The maximum Gasteiger partial charge on any atom is 0.252 e. The van der Waals surface area contributed by atoms with Gasteiger partial charge in [-0.05, 0) is 74.8 Å². The number of para-hydroxylation sites is 1. The molecule has 0 radical (unpaired) electrons. The molecule has 3 N–H and O–H groups in total. The first-order valence-electron chi connectivity index (χ1n) is 12.4. The highest BCUT2D eigenvalue weighted by Gasteiger charge is 2.29. The van der Waals surface area contributed by atoms with Gasteiger partial charge in [-0.1, -0.05) is 43.7 Å². The van der Waals surface area contributed by atoms with E-state index in [0.717, 1.165) is 65.5 Å². The molecule has 0 saturated heterocycles. The SMILES string of the molecule is C\C=C(C(=O)NC)/C(Nc1c(OC)cccc1C1CC1)=C(C)\C(=C\CCC)Nc1ccc(C)cn1. The molecular formula is C29H38N4O2. The number of anilines is 2. The van der Waals surface area contributed by atoms with E-state index in [-0.39, 0.29) is 5.91 Å². The molecule has 0 aliphatic heterocycles. The van der Waals surface area contributed by atoms with Gasteiger partial charge in [0.1, 0.15) is 11.6 Å². The molecule has 1 heterocycles. The number of hydrogen-bond donors (Lipinski definition) is 3. The molecule has 1 fully saturated rings. The summed E-state index contributed by atoms with van der Waals surface area (Å²) >= 11 is 0. The molecule has 0 unspecified atom stereocenters. The second-order valence-electron chi connectivity index (χ2n) is 8.86. The monoisotopic (exact) mass is 474 g/mol. The average Bonchev–Trinajstić information content (AvgIpc) is 3.72. The van der Waals surface area contributed by atoms with Crippen molar-refractivity contribution in [1.29, 1.82) is 0 Å². The molecule has 3 rings (SSSR count). The van der Waals surface area contributed by atoms with Gasteiger partial charge in [0.05, 0.1) is 24.1 Å². The van der Waals surface area contributed by atoms with Crippen LogP contribution < -0.4 is 20.7 Å². The van der Waals surface area contributed by atoms with Gasteiger partial charge in [0, 0.05) is 18.9 Å². The number of nitrogens with zero attached hydrogens (tertiary/aromatic N) is 1. The van der Waals surface area contributed by atoms with Crippen LogP contribution in [-0.2, 0) is 4.79 Å². The Morgan fingerprint density at radius 3 is 2.54 bits per heavy atom. The standard InChI is InChI=1S/C29H38N4O2/c1-7-9-12-24(32-26-17-14-19(3)18-31-26)20(4)27(22(8-2)29(34)30-5)33-28-23(21-15-16-21)11-10-13-25(28)35-6/h8,10-14,17-18,21,33H,7,9,15-16H2,1-6H3,(H,30,34)(H,31,32)/b22-8+,24-12-,27-20+. The fourth-order valence-corrected chi connectivity index (χ4v) is 4.00. The van der Waals surface area contributed by atoms with E-state index in [0.29, 0.717) is 11.5 Å². The van der Waals surface area contributed by atoms with Crippen molar-refractivity contribution in [3.8, 4) is 5.75 Å². The molecule has 0 atom stereocenters. The lowest BCUT2D eigenvalue weighted by Gasteiger charge is -2.23. The van der Waals surface area contributed by atoms with Gasteiger partial charge in [-0.15, -0.1) is 0 Å². The number of methoxy groups -OCH3 is 1. The van der Waals surface area contributed by atoms with Crippen molar-refractivity contribution in [2.24, 2.45) is 0 Å². The van der Waals surface area contributed by atoms with Gasteiger partial charge in [0.2, 0.25) is 0 Å². The number of unbranched alkanes of at least 4 members (excludes halogenated alkanes) is 1. The van der Waals surface area contributed by atoms with Gasteiger partial charge in [-0.3, -0.25) is 4.79 Å². The van der Waals surface area contributed by atoms with E-state index in [9.17, 15) is 4.79 Å². The molecule has 2 aromatic rings. The first-order chi connectivity index (χ1) is 16.9. The molecule has 1 aliphatic rings. The molecule has 186 valence electrons. The lowest BCUT2D eigenvalue weighted by molar-refractivity contribution is -0.116. The summed E-state index contributed by atoms with van der Waals surface area (Å²) in [5.74, 6) is 1.88. The third-order valence-electron chi connectivity index (χ3n) is 6.17. The summed E-state index contributed by atoms with van der Waals surface area (Å²) in [4.78, 5) is 17.5. The number of carbonyl (C=O) groups excluding carboxylic acids is 1. The Hall–Kier alpha value is -3.54. The largest absolute Gasteiger partial charge is 0.495 e. The van der Waals surface area contributed by atoms with E-state index in [1.807, 2.05) is 57.3 Å². The molecule has 1 aromatic carbocycles. The molecule has 1 amide bonds. The Balaban J connectivity index is 2.15. The van der Waals surface area contributed by atoms with Crippen LogP contribution in [0.4, 0.5) is 11.5 Å². The Kier molecular flexibility index (Phi) is 9.12. The lowest BCUT2D eigenvalue weighted by Crippen LogP contribution is -2.25. The van der Waals surface area contributed by atoms with E-state index in [2.05, 4.69) is 40.0 Å². The maximum absolute atomic E-state index is 13.0. The first kappa shape index (κ1) is 26.1. The van der Waals surface area contributed by atoms with Crippen LogP contribution in [-0.4, -0.2) is 25.0 Å². The van der Waals surface area contributed by atoms with Crippen molar-refractivity contribution in [2.75, 3.05) is 24.8 Å². The van der Waals surface area contributed by atoms with Gasteiger partial charge in [0.25, 0.3) is 5.91 Å². The van der Waals surface area contributed by atoms with Crippen LogP contribution in [0.15, 0.2) is 71.2 Å². The van der Waals surface area contributed by atoms with Gasteiger partial charge >= 0.3 is 0 Å². The molecule has 1 saturated carbocycles. The van der Waals surface area contributed by atoms with Crippen LogP contribution in [0.25, 0.3) is 0 Å². The second kappa shape index (κ2) is 12.2. The number of carbonyl (C=O) groups is 1. The van der Waals surface area contributed by atoms with Gasteiger partial charge in [-0.2, -0.15) is 0 Å². The molecule has 6 heteroatoms. The third-order valence-corrected chi connectivity index (χ3v) is 6.17. The molecule has 1 aliphatic carbocycles. The summed E-state index contributed by atoms with van der Waals surface area (Å²) < 4.78 is 5.73. The fourth-order valence-electron chi connectivity index (χ4n) is 4.00. The van der Waals surface area contributed by atoms with Crippen LogP contribution in [0.2, 0.25) is 0 Å². The number of allylic oxidation sites excluding steroid dienone is 3. The van der Waals surface area contributed by atoms with Crippen molar-refractivity contribution in [1.82, 2.24) is 10.3 Å². The number of amides is 1. The van der Waals surface area contributed by atoms with Crippen molar-refractivity contribution < 1.29 is 9.53 Å². The average molecular weight is 475 g/mol. The van der Waals surface area contributed by atoms with Crippen LogP contribution in [0.5, 0.6) is 5.75 Å². The number of nitrogens with one attached hydrogen (secondary N) is 3. The van der Waals surface area contributed by atoms with Gasteiger partial charge in [0.15, 0.2) is 0 Å². The number of aryl methyl sites for hydroxylation is 1. The molecule has 1 aromatic heterocycles. The lowest BCUT2D eigenvalue weighted by atomic mass is 10.0. The summed E-state index contributed by atoms with van der Waals surface area (Å²) in [6.07, 6.45) is 10.1. The van der Waals surface area contributed by atoms with Crippen LogP contribution in [0, 0.1) is 6.92 Å². The molecule has 0 bridgehead atoms. The van der Waals surface area contributed by atoms with E-state index in [1.54, 1.807) is 14.2 Å². The quantitative estimate of drug-likeness (QED) is 0.258. The van der Waals surface area contributed by atoms with Crippen molar-refractivity contribution in [2.45, 2.75) is 59.3 Å². The van der Waals surface area contributed by atoms with E-state index in [1.165, 1.54) is 5.56 Å².